The number of hydrogen-bond acceptors (Lipinski definition) is 0. The Hall–Kier alpha value is -1.24. The van der Waals surface area contributed by atoms with Gasteiger partial charge in [0.25, 0.3) is 0 Å². The number of nitrogens with one attached hydrogen (secondary N) is 1. The van der Waals surface area contributed by atoms with Gasteiger partial charge in [-0.3, -0.25) is 0 Å². The molecule has 0 bridgehead atoms. The highest BCUT2D eigenvalue weighted by Gasteiger charge is 1.79. The molecule has 58 valence electrons. The average Bonchev–Trinajstić information content (AvgIpc) is 2.47. The maximum atomic E-state index is 3.15. The summed E-state index contributed by atoms with van der Waals surface area (Å²) in [5.74, 6) is 0. The first-order valence-corrected chi connectivity index (χ1v) is 3.81. The minimum atomic E-state index is 1.17. The standard InChI is InChI=1S/C10H13N/c1-3-5-6-10-9(4-2)7-8-11-10/h3-8,11H,1-2H3/b5-3-,9-4-,10-6+. The second-order valence-corrected chi connectivity index (χ2v) is 2.33. The lowest BCUT2D eigenvalue weighted by atomic mass is 10.3. The highest BCUT2D eigenvalue weighted by molar-refractivity contribution is 5.36. The van der Waals surface area contributed by atoms with Crippen molar-refractivity contribution in [1.29, 1.82) is 0 Å². The number of allylic oxidation sites excluding steroid dienone is 2. The van der Waals surface area contributed by atoms with Gasteiger partial charge in [0.2, 0.25) is 0 Å². The molecule has 0 aliphatic carbocycles. The summed E-state index contributed by atoms with van der Waals surface area (Å²) in [4.78, 5) is 3.15. The molecule has 1 aromatic heterocycles. The van der Waals surface area contributed by atoms with Gasteiger partial charge in [-0.15, -0.1) is 0 Å². The SMILES string of the molecule is C\C=C/C=c1/[nH]cc/c1=C/C. The molecule has 0 radical (unpaired) electrons. The van der Waals surface area contributed by atoms with Gasteiger partial charge in [-0.25, -0.2) is 0 Å². The Labute approximate surface area is 66.8 Å². The molecule has 0 aliphatic heterocycles. The van der Waals surface area contributed by atoms with Crippen LogP contribution in [0, 0.1) is 0 Å². The number of H-pyrrole nitrogens is 1. The summed E-state index contributed by atoms with van der Waals surface area (Å²) >= 11 is 0. The minimum absolute atomic E-state index is 1.17. The van der Waals surface area contributed by atoms with E-state index in [1.165, 1.54) is 10.6 Å². The van der Waals surface area contributed by atoms with Gasteiger partial charge in [-0.1, -0.05) is 18.2 Å². The van der Waals surface area contributed by atoms with E-state index in [4.69, 9.17) is 0 Å². The van der Waals surface area contributed by atoms with E-state index >= 15 is 0 Å². The van der Waals surface area contributed by atoms with E-state index in [-0.39, 0.29) is 0 Å². The smallest absolute Gasteiger partial charge is 0.0450 e. The van der Waals surface area contributed by atoms with Crippen LogP contribution < -0.4 is 10.6 Å². The molecule has 0 saturated carbocycles. The van der Waals surface area contributed by atoms with Crippen LogP contribution in [0.3, 0.4) is 0 Å². The Morgan fingerprint density at radius 1 is 1.36 bits per heavy atom. The molecule has 11 heavy (non-hydrogen) atoms. The molecule has 1 heteroatoms. The molecule has 1 nitrogen and oxygen atoms in total. The van der Waals surface area contributed by atoms with Crippen LogP contribution in [0.25, 0.3) is 12.2 Å². The summed E-state index contributed by atoms with van der Waals surface area (Å²) in [7, 11) is 0. The Morgan fingerprint density at radius 2 is 2.18 bits per heavy atom. The van der Waals surface area contributed by atoms with E-state index in [0.717, 1.165) is 0 Å². The van der Waals surface area contributed by atoms with Crippen LogP contribution in [0.15, 0.2) is 24.4 Å². The van der Waals surface area contributed by atoms with Gasteiger partial charge in [0.1, 0.15) is 0 Å². The van der Waals surface area contributed by atoms with Crippen molar-refractivity contribution in [3.8, 4) is 0 Å². The summed E-state index contributed by atoms with van der Waals surface area (Å²) in [6.07, 6.45) is 10.1. The first-order valence-electron chi connectivity index (χ1n) is 3.81. The van der Waals surface area contributed by atoms with Crippen molar-refractivity contribution in [2.75, 3.05) is 0 Å². The number of hydrogen-bond donors (Lipinski definition) is 1. The van der Waals surface area contributed by atoms with Crippen LogP contribution >= 0.6 is 0 Å². The molecule has 0 fully saturated rings. The summed E-state index contributed by atoms with van der Waals surface area (Å²) in [5, 5.41) is 2.42. The third-order valence-corrected chi connectivity index (χ3v) is 1.58. The van der Waals surface area contributed by atoms with E-state index in [2.05, 4.69) is 23.2 Å². The summed E-state index contributed by atoms with van der Waals surface area (Å²) in [5.41, 5.74) is 0. The van der Waals surface area contributed by atoms with Gasteiger partial charge < -0.3 is 4.98 Å². The fourth-order valence-corrected chi connectivity index (χ4v) is 0.983. The van der Waals surface area contributed by atoms with Crippen molar-refractivity contribution in [3.63, 3.8) is 0 Å². The Kier molecular flexibility index (Phi) is 2.73. The molecule has 1 rings (SSSR count). The third-order valence-electron chi connectivity index (χ3n) is 1.58. The lowest BCUT2D eigenvalue weighted by Crippen LogP contribution is -2.20. The van der Waals surface area contributed by atoms with Gasteiger partial charge in [0, 0.05) is 11.5 Å². The summed E-state index contributed by atoms with van der Waals surface area (Å²) in [6, 6.07) is 2.06. The van der Waals surface area contributed by atoms with Crippen molar-refractivity contribution in [2.24, 2.45) is 0 Å². The van der Waals surface area contributed by atoms with E-state index in [1.807, 2.05) is 32.2 Å². The molecular weight excluding hydrogens is 134 g/mol. The number of rotatable bonds is 1. The Morgan fingerprint density at radius 3 is 2.82 bits per heavy atom. The van der Waals surface area contributed by atoms with Crippen LogP contribution in [-0.2, 0) is 0 Å². The predicted octanol–water partition coefficient (Wildman–Crippen LogP) is 1.17. The fourth-order valence-electron chi connectivity index (χ4n) is 0.983. The molecule has 0 aliphatic rings. The first-order chi connectivity index (χ1) is 5.38. The minimum Gasteiger partial charge on any atom is -0.361 e. The molecule has 0 spiro atoms. The second-order valence-electron chi connectivity index (χ2n) is 2.33. The normalized spacial score (nSPS) is 15.1. The molecule has 0 aromatic carbocycles. The monoisotopic (exact) mass is 147 g/mol. The fraction of sp³-hybridized carbons (Fsp3) is 0.200. The number of aromatic nitrogens is 1. The van der Waals surface area contributed by atoms with Gasteiger partial charge in [0.05, 0.1) is 0 Å². The average molecular weight is 147 g/mol. The van der Waals surface area contributed by atoms with E-state index < -0.39 is 0 Å². The molecule has 1 heterocycles. The molecule has 1 N–H and O–H groups in total. The van der Waals surface area contributed by atoms with E-state index in [9.17, 15) is 0 Å². The largest absolute Gasteiger partial charge is 0.361 e. The highest BCUT2D eigenvalue weighted by Crippen LogP contribution is 1.70. The van der Waals surface area contributed by atoms with Crippen LogP contribution in [0.5, 0.6) is 0 Å². The Bertz CT molecular complexity index is 341. The molecule has 1 aromatic rings. The lowest BCUT2D eigenvalue weighted by Gasteiger charge is -1.75. The second kappa shape index (κ2) is 3.81. The highest BCUT2D eigenvalue weighted by atomic mass is 14.6. The maximum Gasteiger partial charge on any atom is 0.0450 e. The van der Waals surface area contributed by atoms with Crippen molar-refractivity contribution in [3.05, 3.63) is 35.0 Å². The van der Waals surface area contributed by atoms with Crippen LogP contribution in [0.4, 0.5) is 0 Å². The van der Waals surface area contributed by atoms with Crippen LogP contribution in [-0.4, -0.2) is 4.98 Å². The maximum absolute atomic E-state index is 3.15. The topological polar surface area (TPSA) is 15.8 Å². The number of aromatic amines is 1. The predicted molar refractivity (Wildman–Crippen MR) is 49.5 cm³/mol. The Balaban J connectivity index is 3.23. The van der Waals surface area contributed by atoms with Gasteiger partial charge in [-0.2, -0.15) is 0 Å². The van der Waals surface area contributed by atoms with E-state index in [0.29, 0.717) is 0 Å². The van der Waals surface area contributed by atoms with Crippen LogP contribution in [0.2, 0.25) is 0 Å². The summed E-state index contributed by atoms with van der Waals surface area (Å²) in [6.45, 7) is 4.05. The summed E-state index contributed by atoms with van der Waals surface area (Å²) < 4.78 is 0. The van der Waals surface area contributed by atoms with Crippen molar-refractivity contribution >= 4 is 12.2 Å². The van der Waals surface area contributed by atoms with E-state index in [1.54, 1.807) is 0 Å². The zero-order valence-electron chi connectivity index (χ0n) is 6.96. The third kappa shape index (κ3) is 1.84. The molecule has 0 atom stereocenters. The quantitative estimate of drug-likeness (QED) is 0.613. The first kappa shape index (κ1) is 7.86. The van der Waals surface area contributed by atoms with Crippen molar-refractivity contribution < 1.29 is 0 Å². The van der Waals surface area contributed by atoms with Gasteiger partial charge in [-0.05, 0) is 31.2 Å². The zero-order chi connectivity index (χ0) is 8.10. The van der Waals surface area contributed by atoms with Crippen molar-refractivity contribution in [1.82, 2.24) is 4.98 Å². The van der Waals surface area contributed by atoms with Gasteiger partial charge >= 0.3 is 0 Å². The van der Waals surface area contributed by atoms with Crippen molar-refractivity contribution in [2.45, 2.75) is 13.8 Å². The molecule has 0 unspecified atom stereocenters. The molecule has 0 saturated heterocycles. The van der Waals surface area contributed by atoms with Crippen LogP contribution in [0.1, 0.15) is 13.8 Å². The zero-order valence-corrected chi connectivity index (χ0v) is 6.96. The molecular formula is C10H13N. The van der Waals surface area contributed by atoms with Gasteiger partial charge in [0.15, 0.2) is 0 Å². The molecule has 0 amide bonds. The lowest BCUT2D eigenvalue weighted by molar-refractivity contribution is 1.32.